The summed E-state index contributed by atoms with van der Waals surface area (Å²) < 4.78 is 13.8. The van der Waals surface area contributed by atoms with Gasteiger partial charge in [0.05, 0.1) is 0 Å². The number of benzene rings is 1. The minimum atomic E-state index is -0.349. The number of rotatable bonds is 5. The molecule has 0 atom stereocenters. The zero-order valence-corrected chi connectivity index (χ0v) is 14.1. The van der Waals surface area contributed by atoms with Gasteiger partial charge in [-0.15, -0.1) is 10.2 Å². The first-order valence-electron chi connectivity index (χ1n) is 6.74. The Hall–Kier alpha value is -1.18. The summed E-state index contributed by atoms with van der Waals surface area (Å²) in [7, 11) is 0. The quantitative estimate of drug-likeness (QED) is 0.596. The van der Waals surface area contributed by atoms with E-state index in [0.29, 0.717) is 15.9 Å². The highest BCUT2D eigenvalue weighted by atomic mass is 35.5. The van der Waals surface area contributed by atoms with Crippen LogP contribution in [0.1, 0.15) is 25.3 Å². The predicted molar refractivity (Wildman–Crippen MR) is 87.1 cm³/mol. The molecule has 1 saturated carbocycles. The number of thioether (sulfide) groups is 1. The van der Waals surface area contributed by atoms with E-state index in [1.165, 1.54) is 35.2 Å². The van der Waals surface area contributed by atoms with Crippen LogP contribution in [0.3, 0.4) is 0 Å². The minimum absolute atomic E-state index is 0.00298. The topological polar surface area (TPSA) is 46.1 Å². The summed E-state index contributed by atoms with van der Waals surface area (Å²) in [5.74, 6) is 0.229. The molecule has 0 unspecified atom stereocenters. The van der Waals surface area contributed by atoms with Crippen LogP contribution in [0.15, 0.2) is 22.5 Å². The van der Waals surface area contributed by atoms with Crippen molar-refractivity contribution >= 4 is 45.7 Å². The lowest BCUT2D eigenvalue weighted by Crippen LogP contribution is -2.30. The van der Waals surface area contributed by atoms with Gasteiger partial charge in [0.1, 0.15) is 5.82 Å². The maximum absolute atomic E-state index is 13.0. The van der Waals surface area contributed by atoms with Crippen molar-refractivity contribution in [3.05, 3.63) is 34.6 Å². The van der Waals surface area contributed by atoms with Gasteiger partial charge in [0.25, 0.3) is 0 Å². The first kappa shape index (κ1) is 15.7. The summed E-state index contributed by atoms with van der Waals surface area (Å²) in [4.78, 5) is 13.4. The van der Waals surface area contributed by atoms with Crippen LogP contribution >= 0.6 is 34.7 Å². The molecule has 0 aliphatic heterocycles. The SMILES string of the molecule is CC(=O)N(c1nnc(SCc2ccc(F)cc2Cl)s1)C1CC1. The molecule has 3 rings (SSSR count). The van der Waals surface area contributed by atoms with Crippen LogP contribution in [0.4, 0.5) is 9.52 Å². The Bertz CT molecular complexity index is 705. The van der Waals surface area contributed by atoms with Gasteiger partial charge in [-0.25, -0.2) is 4.39 Å². The van der Waals surface area contributed by atoms with Crippen molar-refractivity contribution in [1.29, 1.82) is 0 Å². The molecule has 4 nitrogen and oxygen atoms in total. The van der Waals surface area contributed by atoms with Gasteiger partial charge in [-0.1, -0.05) is 40.8 Å². The number of halogens is 2. The molecular weight excluding hydrogens is 345 g/mol. The van der Waals surface area contributed by atoms with Crippen molar-refractivity contribution < 1.29 is 9.18 Å². The lowest BCUT2D eigenvalue weighted by Gasteiger charge is -2.15. The third-order valence-corrected chi connectivity index (χ3v) is 5.68. The molecule has 22 heavy (non-hydrogen) atoms. The molecule has 2 aromatic rings. The molecule has 0 N–H and O–H groups in total. The standard InChI is InChI=1S/C14H13ClFN3OS2/c1-8(20)19(11-4-5-11)13-17-18-14(22-13)21-7-9-2-3-10(16)6-12(9)15/h2-3,6,11H,4-5,7H2,1H3. The number of carbonyl (C=O) groups is 1. The summed E-state index contributed by atoms with van der Waals surface area (Å²) in [6.45, 7) is 1.55. The fraction of sp³-hybridized carbons (Fsp3) is 0.357. The molecule has 1 heterocycles. The molecule has 0 bridgehead atoms. The van der Waals surface area contributed by atoms with Crippen LogP contribution in [0.25, 0.3) is 0 Å². The first-order valence-corrected chi connectivity index (χ1v) is 8.92. The second kappa shape index (κ2) is 6.52. The Morgan fingerprint density at radius 3 is 2.91 bits per heavy atom. The minimum Gasteiger partial charge on any atom is -0.284 e. The molecule has 1 aromatic heterocycles. The molecule has 1 aliphatic rings. The Labute approximate surface area is 140 Å². The van der Waals surface area contributed by atoms with Crippen molar-refractivity contribution in [1.82, 2.24) is 10.2 Å². The van der Waals surface area contributed by atoms with E-state index in [1.807, 2.05) is 0 Å². The number of amides is 1. The normalized spacial score (nSPS) is 14.1. The maximum Gasteiger partial charge on any atom is 0.225 e. The molecular formula is C14H13ClFN3OS2. The Morgan fingerprint density at radius 2 is 2.27 bits per heavy atom. The second-order valence-electron chi connectivity index (χ2n) is 5.00. The average Bonchev–Trinajstić information content (AvgIpc) is 3.16. The summed E-state index contributed by atoms with van der Waals surface area (Å²) in [6, 6.07) is 4.62. The molecule has 8 heteroatoms. The van der Waals surface area contributed by atoms with E-state index in [1.54, 1.807) is 17.9 Å². The van der Waals surface area contributed by atoms with E-state index >= 15 is 0 Å². The predicted octanol–water partition coefficient (Wildman–Crippen LogP) is 4.14. The summed E-state index contributed by atoms with van der Waals surface area (Å²) in [5.41, 5.74) is 0.843. The van der Waals surface area contributed by atoms with Crippen molar-refractivity contribution in [2.24, 2.45) is 0 Å². The van der Waals surface area contributed by atoms with Crippen molar-refractivity contribution in [3.8, 4) is 0 Å². The van der Waals surface area contributed by atoms with E-state index in [0.717, 1.165) is 22.7 Å². The zero-order chi connectivity index (χ0) is 15.7. The molecule has 1 amide bonds. The van der Waals surface area contributed by atoms with Crippen LogP contribution in [0, 0.1) is 5.82 Å². The average molecular weight is 358 g/mol. The monoisotopic (exact) mass is 357 g/mol. The van der Waals surface area contributed by atoms with Crippen molar-refractivity contribution in [3.63, 3.8) is 0 Å². The third-order valence-electron chi connectivity index (χ3n) is 3.22. The maximum atomic E-state index is 13.0. The van der Waals surface area contributed by atoms with E-state index < -0.39 is 0 Å². The van der Waals surface area contributed by atoms with E-state index in [9.17, 15) is 9.18 Å². The highest BCUT2D eigenvalue weighted by Crippen LogP contribution is 2.37. The van der Waals surface area contributed by atoms with Gasteiger partial charge in [-0.05, 0) is 30.5 Å². The van der Waals surface area contributed by atoms with Gasteiger partial charge in [-0.3, -0.25) is 9.69 Å². The van der Waals surface area contributed by atoms with Crippen LogP contribution in [0.2, 0.25) is 5.02 Å². The van der Waals surface area contributed by atoms with Gasteiger partial charge < -0.3 is 0 Å². The van der Waals surface area contributed by atoms with E-state index in [4.69, 9.17) is 11.6 Å². The zero-order valence-electron chi connectivity index (χ0n) is 11.8. The number of hydrogen-bond donors (Lipinski definition) is 0. The van der Waals surface area contributed by atoms with Crippen LogP contribution in [0.5, 0.6) is 0 Å². The highest BCUT2D eigenvalue weighted by molar-refractivity contribution is 8.00. The Kier molecular flexibility index (Phi) is 4.65. The number of carbonyl (C=O) groups excluding carboxylic acids is 1. The summed E-state index contributed by atoms with van der Waals surface area (Å²) >= 11 is 8.87. The molecule has 0 spiro atoms. The third kappa shape index (κ3) is 3.59. The van der Waals surface area contributed by atoms with Gasteiger partial charge >= 0.3 is 0 Å². The fourth-order valence-corrected chi connectivity index (χ4v) is 4.29. The molecule has 116 valence electrons. The fourth-order valence-electron chi connectivity index (χ4n) is 2.02. The number of nitrogens with zero attached hydrogens (tertiary/aromatic N) is 3. The number of hydrogen-bond acceptors (Lipinski definition) is 5. The summed E-state index contributed by atoms with van der Waals surface area (Å²) in [6.07, 6.45) is 2.04. The Morgan fingerprint density at radius 1 is 1.50 bits per heavy atom. The number of anilines is 1. The van der Waals surface area contributed by atoms with Crippen LogP contribution in [-0.4, -0.2) is 22.1 Å². The largest absolute Gasteiger partial charge is 0.284 e. The van der Waals surface area contributed by atoms with Gasteiger partial charge in [0.2, 0.25) is 11.0 Å². The number of aromatic nitrogens is 2. The first-order chi connectivity index (χ1) is 10.5. The molecule has 0 saturated heterocycles. The Balaban J connectivity index is 1.67. The lowest BCUT2D eigenvalue weighted by molar-refractivity contribution is -0.116. The van der Waals surface area contributed by atoms with Crippen molar-refractivity contribution in [2.75, 3.05) is 4.90 Å². The van der Waals surface area contributed by atoms with Gasteiger partial charge in [0, 0.05) is 23.7 Å². The van der Waals surface area contributed by atoms with Crippen LogP contribution < -0.4 is 4.90 Å². The smallest absolute Gasteiger partial charge is 0.225 e. The van der Waals surface area contributed by atoms with Gasteiger partial charge in [-0.2, -0.15) is 0 Å². The molecule has 0 radical (unpaired) electrons. The van der Waals surface area contributed by atoms with E-state index in [-0.39, 0.29) is 17.8 Å². The van der Waals surface area contributed by atoms with Gasteiger partial charge in [0.15, 0.2) is 4.34 Å². The molecule has 1 fully saturated rings. The highest BCUT2D eigenvalue weighted by Gasteiger charge is 2.34. The molecule has 1 aromatic carbocycles. The lowest BCUT2D eigenvalue weighted by atomic mass is 10.2. The second-order valence-corrected chi connectivity index (χ2v) is 7.58. The van der Waals surface area contributed by atoms with E-state index in [2.05, 4.69) is 10.2 Å². The van der Waals surface area contributed by atoms with Crippen LogP contribution in [-0.2, 0) is 10.5 Å². The van der Waals surface area contributed by atoms with Crippen molar-refractivity contribution in [2.45, 2.75) is 35.9 Å². The summed E-state index contributed by atoms with van der Waals surface area (Å²) in [5, 5.41) is 9.26. The molecule has 1 aliphatic carbocycles.